The molecule has 1 aliphatic heterocycles. The third kappa shape index (κ3) is 2.53. The Bertz CT molecular complexity index is 629. The molecule has 20 heavy (non-hydrogen) atoms. The number of rotatable bonds is 4. The van der Waals surface area contributed by atoms with E-state index in [1.54, 1.807) is 6.20 Å². The predicted molar refractivity (Wildman–Crippen MR) is 73.8 cm³/mol. The van der Waals surface area contributed by atoms with Crippen molar-refractivity contribution in [3.63, 3.8) is 0 Å². The standard InChI is InChI=1S/C15H16N2O3/c1-10-4-14(12(6-16)7-17-10)18-8-11-2-3-13-15(5-11)20-9-19-13/h2-5,7H,6,8-9,16H2,1H3. The van der Waals surface area contributed by atoms with E-state index in [1.165, 1.54) is 0 Å². The van der Waals surface area contributed by atoms with E-state index in [2.05, 4.69) is 4.98 Å². The van der Waals surface area contributed by atoms with Gasteiger partial charge >= 0.3 is 0 Å². The van der Waals surface area contributed by atoms with E-state index in [1.807, 2.05) is 31.2 Å². The summed E-state index contributed by atoms with van der Waals surface area (Å²) in [5.41, 5.74) is 8.51. The summed E-state index contributed by atoms with van der Waals surface area (Å²) >= 11 is 0. The third-order valence-corrected chi connectivity index (χ3v) is 3.13. The second-order valence-electron chi connectivity index (χ2n) is 4.61. The van der Waals surface area contributed by atoms with E-state index < -0.39 is 0 Å². The smallest absolute Gasteiger partial charge is 0.231 e. The van der Waals surface area contributed by atoms with Crippen LogP contribution in [0.4, 0.5) is 0 Å². The zero-order valence-electron chi connectivity index (χ0n) is 11.3. The summed E-state index contributed by atoms with van der Waals surface area (Å²) < 4.78 is 16.5. The summed E-state index contributed by atoms with van der Waals surface area (Å²) in [6, 6.07) is 7.68. The van der Waals surface area contributed by atoms with Crippen LogP contribution >= 0.6 is 0 Å². The fourth-order valence-electron chi connectivity index (χ4n) is 2.04. The monoisotopic (exact) mass is 272 g/mol. The Morgan fingerprint density at radius 2 is 2.10 bits per heavy atom. The number of nitrogens with zero attached hydrogens (tertiary/aromatic N) is 1. The van der Waals surface area contributed by atoms with Gasteiger partial charge in [0.25, 0.3) is 0 Å². The zero-order valence-corrected chi connectivity index (χ0v) is 11.3. The number of hydrogen-bond acceptors (Lipinski definition) is 5. The first-order chi connectivity index (χ1) is 9.76. The fourth-order valence-corrected chi connectivity index (χ4v) is 2.04. The summed E-state index contributed by atoms with van der Waals surface area (Å²) in [6.45, 7) is 3.06. The number of aromatic nitrogens is 1. The molecule has 0 spiro atoms. The minimum Gasteiger partial charge on any atom is -0.488 e. The molecular weight excluding hydrogens is 256 g/mol. The Hall–Kier alpha value is -2.27. The van der Waals surface area contributed by atoms with Crippen LogP contribution in [0, 0.1) is 6.92 Å². The molecule has 104 valence electrons. The first kappa shape index (κ1) is 12.7. The molecule has 2 N–H and O–H groups in total. The maximum atomic E-state index is 5.84. The average molecular weight is 272 g/mol. The highest BCUT2D eigenvalue weighted by Gasteiger charge is 2.13. The number of nitrogens with two attached hydrogens (primary N) is 1. The van der Waals surface area contributed by atoms with Gasteiger partial charge in [0.15, 0.2) is 11.5 Å². The van der Waals surface area contributed by atoms with E-state index in [4.69, 9.17) is 19.9 Å². The van der Waals surface area contributed by atoms with Gasteiger partial charge in [-0.2, -0.15) is 0 Å². The van der Waals surface area contributed by atoms with Gasteiger partial charge in [0, 0.05) is 30.1 Å². The van der Waals surface area contributed by atoms with Gasteiger partial charge in [0.05, 0.1) is 0 Å². The van der Waals surface area contributed by atoms with Gasteiger partial charge in [-0.15, -0.1) is 0 Å². The Morgan fingerprint density at radius 1 is 1.25 bits per heavy atom. The minimum absolute atomic E-state index is 0.278. The summed E-state index contributed by atoms with van der Waals surface area (Å²) in [6.07, 6.45) is 1.75. The number of fused-ring (bicyclic) bond motifs is 1. The van der Waals surface area contributed by atoms with E-state index in [0.29, 0.717) is 13.2 Å². The lowest BCUT2D eigenvalue weighted by molar-refractivity contribution is 0.174. The normalized spacial score (nSPS) is 12.5. The van der Waals surface area contributed by atoms with Crippen LogP contribution in [0.25, 0.3) is 0 Å². The van der Waals surface area contributed by atoms with Crippen molar-refractivity contribution in [2.24, 2.45) is 5.73 Å². The number of pyridine rings is 1. The number of benzene rings is 1. The van der Waals surface area contributed by atoms with Crippen LogP contribution in [-0.4, -0.2) is 11.8 Å². The molecule has 1 aromatic carbocycles. The van der Waals surface area contributed by atoms with Crippen molar-refractivity contribution in [3.8, 4) is 17.2 Å². The quantitative estimate of drug-likeness (QED) is 0.923. The minimum atomic E-state index is 0.278. The van der Waals surface area contributed by atoms with Crippen LogP contribution < -0.4 is 19.9 Å². The van der Waals surface area contributed by atoms with E-state index in [9.17, 15) is 0 Å². The first-order valence-electron chi connectivity index (χ1n) is 6.43. The predicted octanol–water partition coefficient (Wildman–Crippen LogP) is 2.16. The van der Waals surface area contributed by atoms with Gasteiger partial charge in [-0.25, -0.2) is 0 Å². The van der Waals surface area contributed by atoms with E-state index >= 15 is 0 Å². The second kappa shape index (κ2) is 5.38. The van der Waals surface area contributed by atoms with E-state index in [-0.39, 0.29) is 6.79 Å². The molecule has 0 fully saturated rings. The summed E-state index contributed by atoms with van der Waals surface area (Å²) in [7, 11) is 0. The van der Waals surface area contributed by atoms with Crippen LogP contribution in [0.5, 0.6) is 17.2 Å². The molecule has 1 aliphatic rings. The number of aryl methyl sites for hydroxylation is 1. The Kier molecular flexibility index (Phi) is 3.43. The van der Waals surface area contributed by atoms with Crippen molar-refractivity contribution in [1.29, 1.82) is 0 Å². The van der Waals surface area contributed by atoms with Gasteiger partial charge in [0.2, 0.25) is 6.79 Å². The molecule has 0 amide bonds. The highest BCUT2D eigenvalue weighted by atomic mass is 16.7. The van der Waals surface area contributed by atoms with Crippen LogP contribution in [0.15, 0.2) is 30.5 Å². The molecule has 1 aromatic heterocycles. The van der Waals surface area contributed by atoms with Crippen molar-refractivity contribution in [2.45, 2.75) is 20.1 Å². The molecule has 0 atom stereocenters. The third-order valence-electron chi connectivity index (χ3n) is 3.13. The molecule has 0 unspecified atom stereocenters. The maximum Gasteiger partial charge on any atom is 0.231 e. The van der Waals surface area contributed by atoms with Gasteiger partial charge in [-0.05, 0) is 24.6 Å². The largest absolute Gasteiger partial charge is 0.488 e. The molecule has 0 saturated carbocycles. The molecule has 2 heterocycles. The Balaban J connectivity index is 1.75. The Labute approximate surface area is 117 Å². The molecular formula is C15H16N2O3. The highest BCUT2D eigenvalue weighted by Crippen LogP contribution is 2.32. The lowest BCUT2D eigenvalue weighted by atomic mass is 10.2. The van der Waals surface area contributed by atoms with Crippen LogP contribution in [-0.2, 0) is 13.2 Å². The van der Waals surface area contributed by atoms with Crippen molar-refractivity contribution >= 4 is 0 Å². The van der Waals surface area contributed by atoms with Gasteiger partial charge in [-0.3, -0.25) is 4.98 Å². The van der Waals surface area contributed by atoms with Crippen LogP contribution in [0.1, 0.15) is 16.8 Å². The first-order valence-corrected chi connectivity index (χ1v) is 6.43. The zero-order chi connectivity index (χ0) is 13.9. The lowest BCUT2D eigenvalue weighted by Gasteiger charge is -2.11. The molecule has 3 rings (SSSR count). The van der Waals surface area contributed by atoms with Crippen molar-refractivity contribution in [2.75, 3.05) is 6.79 Å². The van der Waals surface area contributed by atoms with Gasteiger partial charge < -0.3 is 19.9 Å². The van der Waals surface area contributed by atoms with Gasteiger partial charge in [0.1, 0.15) is 12.4 Å². The van der Waals surface area contributed by atoms with E-state index in [0.717, 1.165) is 34.1 Å². The summed E-state index contributed by atoms with van der Waals surface area (Å²) in [4.78, 5) is 4.22. The summed E-state index contributed by atoms with van der Waals surface area (Å²) in [5.74, 6) is 2.31. The summed E-state index contributed by atoms with van der Waals surface area (Å²) in [5, 5.41) is 0. The second-order valence-corrected chi connectivity index (χ2v) is 4.61. The Morgan fingerprint density at radius 3 is 2.95 bits per heavy atom. The average Bonchev–Trinajstić information content (AvgIpc) is 2.92. The topological polar surface area (TPSA) is 66.6 Å². The van der Waals surface area contributed by atoms with Crippen molar-refractivity contribution < 1.29 is 14.2 Å². The van der Waals surface area contributed by atoms with Crippen molar-refractivity contribution in [1.82, 2.24) is 4.98 Å². The molecule has 0 aliphatic carbocycles. The van der Waals surface area contributed by atoms with Crippen LogP contribution in [0.3, 0.4) is 0 Å². The lowest BCUT2D eigenvalue weighted by Crippen LogP contribution is -2.04. The maximum absolute atomic E-state index is 5.84. The fraction of sp³-hybridized carbons (Fsp3) is 0.267. The molecule has 5 heteroatoms. The molecule has 0 radical (unpaired) electrons. The molecule has 2 aromatic rings. The highest BCUT2D eigenvalue weighted by molar-refractivity contribution is 5.44. The number of ether oxygens (including phenoxy) is 3. The van der Waals surface area contributed by atoms with Crippen LogP contribution in [0.2, 0.25) is 0 Å². The molecule has 0 saturated heterocycles. The van der Waals surface area contributed by atoms with Gasteiger partial charge in [-0.1, -0.05) is 6.07 Å². The SMILES string of the molecule is Cc1cc(OCc2ccc3c(c2)OCO3)c(CN)cn1. The molecule has 5 nitrogen and oxygen atoms in total. The number of hydrogen-bond donors (Lipinski definition) is 1. The molecule has 0 bridgehead atoms. The van der Waals surface area contributed by atoms with Crippen molar-refractivity contribution in [3.05, 3.63) is 47.3 Å².